The molecule has 74 valence electrons. The van der Waals surface area contributed by atoms with Gasteiger partial charge in [-0.1, -0.05) is 6.08 Å². The maximum absolute atomic E-state index is 12.8. The lowest BCUT2D eigenvalue weighted by atomic mass is 9.97. The molecule has 1 aliphatic carbocycles. The number of hydrogen-bond donors (Lipinski definition) is 1. The van der Waals surface area contributed by atoms with Gasteiger partial charge in [0.05, 0.1) is 5.57 Å². The molecule has 1 atom stereocenters. The van der Waals surface area contributed by atoms with Crippen LogP contribution in [0.5, 0.6) is 0 Å². The molecule has 0 aliphatic heterocycles. The largest absolute Gasteiger partial charge is 0.415 e. The number of hydrogen-bond acceptors (Lipinski definition) is 1. The molecule has 0 amide bonds. The lowest BCUT2D eigenvalue weighted by Gasteiger charge is -2.19. The average molecular weight is 195 g/mol. The van der Waals surface area contributed by atoms with Gasteiger partial charge in [-0.2, -0.15) is 13.2 Å². The molecule has 0 bridgehead atoms. The van der Waals surface area contributed by atoms with E-state index in [2.05, 4.69) is 0 Å². The summed E-state index contributed by atoms with van der Waals surface area (Å²) in [4.78, 5) is 0. The zero-order chi connectivity index (χ0) is 10.1. The first kappa shape index (κ1) is 10.2. The summed E-state index contributed by atoms with van der Waals surface area (Å²) < 4.78 is 49.2. The summed E-state index contributed by atoms with van der Waals surface area (Å²) in [6.45, 7) is 0.00625. The summed E-state index contributed by atoms with van der Waals surface area (Å²) in [6.07, 6.45) is -4.60. The third-order valence-corrected chi connectivity index (χ3v) is 1.83. The van der Waals surface area contributed by atoms with Crippen molar-refractivity contribution in [1.29, 1.82) is 0 Å². The molecule has 0 heterocycles. The highest BCUT2D eigenvalue weighted by atomic mass is 19.4. The van der Waals surface area contributed by atoms with Gasteiger partial charge in [-0.25, -0.2) is 4.39 Å². The normalized spacial score (nSPS) is 23.9. The molecule has 1 nitrogen and oxygen atoms in total. The second-order valence-electron chi connectivity index (χ2n) is 2.78. The van der Waals surface area contributed by atoms with E-state index in [0.717, 1.165) is 6.08 Å². The van der Waals surface area contributed by atoms with E-state index in [0.29, 0.717) is 5.57 Å². The van der Waals surface area contributed by atoms with Crippen LogP contribution >= 0.6 is 0 Å². The van der Waals surface area contributed by atoms with Crippen LogP contribution in [0.1, 0.15) is 6.42 Å². The Balaban J connectivity index is 2.92. The fraction of sp³-hybridized carbons (Fsp3) is 0.500. The number of nitrogens with two attached hydrogens (primary N) is 1. The van der Waals surface area contributed by atoms with Crippen LogP contribution in [0, 0.1) is 0 Å². The smallest absolute Gasteiger partial charge is 0.327 e. The number of rotatable bonds is 1. The Morgan fingerprint density at radius 2 is 2.08 bits per heavy atom. The van der Waals surface area contributed by atoms with Crippen molar-refractivity contribution in [3.63, 3.8) is 0 Å². The molecule has 0 spiro atoms. The van der Waals surface area contributed by atoms with Crippen LogP contribution < -0.4 is 5.73 Å². The first-order valence-corrected chi connectivity index (χ1v) is 3.77. The maximum Gasteiger partial charge on any atom is 0.415 e. The Morgan fingerprint density at radius 1 is 1.46 bits per heavy atom. The molecule has 0 unspecified atom stereocenters. The van der Waals surface area contributed by atoms with Crippen LogP contribution in [0.2, 0.25) is 0 Å². The minimum atomic E-state index is -4.59. The van der Waals surface area contributed by atoms with Crippen molar-refractivity contribution >= 4 is 0 Å². The minimum absolute atomic E-state index is 0.00625. The Morgan fingerprint density at radius 3 is 2.54 bits per heavy atom. The minimum Gasteiger partial charge on any atom is -0.327 e. The van der Waals surface area contributed by atoms with Gasteiger partial charge in [-0.05, 0) is 11.6 Å². The highest BCUT2D eigenvalue weighted by Gasteiger charge is 2.39. The van der Waals surface area contributed by atoms with E-state index in [1.54, 1.807) is 0 Å². The molecule has 5 heteroatoms. The summed E-state index contributed by atoms with van der Waals surface area (Å²) in [5.41, 5.74) is 4.36. The molecular weight excluding hydrogens is 186 g/mol. The molecule has 0 aromatic carbocycles. The summed E-state index contributed by atoms with van der Waals surface area (Å²) in [5, 5.41) is 0. The fourth-order valence-electron chi connectivity index (χ4n) is 1.13. The highest BCUT2D eigenvalue weighted by Crippen LogP contribution is 2.34. The van der Waals surface area contributed by atoms with Crippen LogP contribution in [0.4, 0.5) is 17.6 Å². The van der Waals surface area contributed by atoms with Crippen molar-refractivity contribution in [2.75, 3.05) is 6.54 Å². The third kappa shape index (κ3) is 2.30. The van der Waals surface area contributed by atoms with Gasteiger partial charge in [-0.3, -0.25) is 0 Å². The van der Waals surface area contributed by atoms with Crippen LogP contribution in [-0.4, -0.2) is 18.9 Å². The lowest BCUT2D eigenvalue weighted by molar-refractivity contribution is -0.100. The van der Waals surface area contributed by atoms with Gasteiger partial charge in [0, 0.05) is 13.0 Å². The predicted octanol–water partition coefficient (Wildman–Crippen LogP) is 2.10. The van der Waals surface area contributed by atoms with Gasteiger partial charge in [0.2, 0.25) is 0 Å². The first-order valence-electron chi connectivity index (χ1n) is 3.77. The molecule has 13 heavy (non-hydrogen) atoms. The topological polar surface area (TPSA) is 26.0 Å². The molecule has 0 saturated carbocycles. The third-order valence-electron chi connectivity index (χ3n) is 1.83. The van der Waals surface area contributed by atoms with Crippen LogP contribution in [0.25, 0.3) is 0 Å². The van der Waals surface area contributed by atoms with Gasteiger partial charge < -0.3 is 5.73 Å². The standard InChI is InChI=1S/C8H9F4N/c9-7-2-1-5(4-13)3-6(7)8(10,11)12/h1,3,7H,2,4,13H2/t7-/m1/s1. The van der Waals surface area contributed by atoms with Crippen molar-refractivity contribution in [3.8, 4) is 0 Å². The SMILES string of the molecule is NCC1=CC[C@@H](F)C(C(F)(F)F)=C1. The van der Waals surface area contributed by atoms with Gasteiger partial charge in [0.15, 0.2) is 0 Å². The fourth-order valence-corrected chi connectivity index (χ4v) is 1.13. The molecule has 1 rings (SSSR count). The van der Waals surface area contributed by atoms with E-state index in [4.69, 9.17) is 5.73 Å². The lowest BCUT2D eigenvalue weighted by Crippen LogP contribution is -2.24. The molecular formula is C8H9F4N. The summed E-state index contributed by atoms with van der Waals surface area (Å²) in [7, 11) is 0. The Hall–Kier alpha value is -0.840. The van der Waals surface area contributed by atoms with Crippen molar-refractivity contribution in [3.05, 3.63) is 23.3 Å². The molecule has 1 aliphatic rings. The van der Waals surface area contributed by atoms with E-state index in [1.165, 1.54) is 6.08 Å². The molecule has 2 N–H and O–H groups in total. The van der Waals surface area contributed by atoms with Gasteiger partial charge >= 0.3 is 6.18 Å². The van der Waals surface area contributed by atoms with Crippen molar-refractivity contribution in [1.82, 2.24) is 0 Å². The summed E-state index contributed by atoms with van der Waals surface area (Å²) >= 11 is 0. The molecule has 0 aromatic rings. The van der Waals surface area contributed by atoms with E-state index in [1.807, 2.05) is 0 Å². The van der Waals surface area contributed by atoms with Gasteiger partial charge in [0.25, 0.3) is 0 Å². The average Bonchev–Trinajstić information content (AvgIpc) is 2.03. The van der Waals surface area contributed by atoms with Gasteiger partial charge in [0.1, 0.15) is 6.17 Å². The first-order chi connectivity index (χ1) is 5.95. The monoisotopic (exact) mass is 195 g/mol. The molecule has 0 radical (unpaired) electrons. The Bertz CT molecular complexity index is 251. The van der Waals surface area contributed by atoms with Gasteiger partial charge in [-0.15, -0.1) is 0 Å². The van der Waals surface area contributed by atoms with E-state index >= 15 is 0 Å². The number of allylic oxidation sites excluding steroid dienone is 2. The summed E-state index contributed by atoms with van der Waals surface area (Å²) in [6, 6.07) is 0. The molecule has 0 aromatic heterocycles. The zero-order valence-electron chi connectivity index (χ0n) is 6.74. The summed E-state index contributed by atoms with van der Waals surface area (Å²) in [5.74, 6) is 0. The number of alkyl halides is 4. The van der Waals surface area contributed by atoms with Crippen molar-refractivity contribution < 1.29 is 17.6 Å². The predicted molar refractivity (Wildman–Crippen MR) is 40.8 cm³/mol. The van der Waals surface area contributed by atoms with E-state index in [9.17, 15) is 17.6 Å². The van der Waals surface area contributed by atoms with E-state index < -0.39 is 17.9 Å². The quantitative estimate of drug-likeness (QED) is 0.637. The van der Waals surface area contributed by atoms with Crippen molar-refractivity contribution in [2.24, 2.45) is 5.73 Å². The van der Waals surface area contributed by atoms with Crippen molar-refractivity contribution in [2.45, 2.75) is 18.8 Å². The Kier molecular flexibility index (Phi) is 2.75. The molecule has 0 saturated heterocycles. The highest BCUT2D eigenvalue weighted by molar-refractivity contribution is 5.34. The van der Waals surface area contributed by atoms with Crippen LogP contribution in [0.15, 0.2) is 23.3 Å². The second kappa shape index (κ2) is 3.49. The molecule has 0 fully saturated rings. The van der Waals surface area contributed by atoms with E-state index in [-0.39, 0.29) is 13.0 Å². The van der Waals surface area contributed by atoms with Crippen LogP contribution in [0.3, 0.4) is 0 Å². The second-order valence-corrected chi connectivity index (χ2v) is 2.78. The zero-order valence-corrected chi connectivity index (χ0v) is 6.74. The number of halogens is 4. The Labute approximate surface area is 72.9 Å². The maximum atomic E-state index is 12.8. The van der Waals surface area contributed by atoms with Crippen LogP contribution in [-0.2, 0) is 0 Å².